The normalized spacial score (nSPS) is 16.8. The van der Waals surface area contributed by atoms with Crippen LogP contribution in [0, 0.1) is 0 Å². The van der Waals surface area contributed by atoms with Crippen molar-refractivity contribution in [1.82, 2.24) is 14.9 Å². The van der Waals surface area contributed by atoms with Gasteiger partial charge in [0.15, 0.2) is 11.5 Å². The maximum Gasteiger partial charge on any atom is 0.161 e. The Balaban J connectivity index is 1.56. The van der Waals surface area contributed by atoms with Crippen LogP contribution in [-0.4, -0.2) is 48.2 Å². The number of anilines is 1. The highest BCUT2D eigenvalue weighted by molar-refractivity contribution is 5.51. The molecule has 3 heterocycles. The molecule has 0 spiro atoms. The lowest BCUT2D eigenvalue weighted by atomic mass is 10.0. The van der Waals surface area contributed by atoms with Crippen LogP contribution >= 0.6 is 0 Å². The number of rotatable bonds is 7. The molecule has 1 aromatic heterocycles. The van der Waals surface area contributed by atoms with Crippen molar-refractivity contribution < 1.29 is 9.47 Å². The molecule has 2 aliphatic rings. The highest BCUT2D eigenvalue weighted by Gasteiger charge is 2.27. The van der Waals surface area contributed by atoms with Gasteiger partial charge in [-0.05, 0) is 43.9 Å². The van der Waals surface area contributed by atoms with Gasteiger partial charge in [-0.15, -0.1) is 0 Å². The van der Waals surface area contributed by atoms with Crippen molar-refractivity contribution in [3.63, 3.8) is 0 Å². The molecule has 2 aromatic rings. The number of hydrogen-bond acceptors (Lipinski definition) is 6. The second-order valence-electron chi connectivity index (χ2n) is 8.56. The Hall–Kier alpha value is -2.34. The first-order chi connectivity index (χ1) is 14.6. The third kappa shape index (κ3) is 4.38. The summed E-state index contributed by atoms with van der Waals surface area (Å²) in [7, 11) is 1.68. The third-order valence-electron chi connectivity index (χ3n) is 6.00. The van der Waals surface area contributed by atoms with E-state index in [4.69, 9.17) is 19.4 Å². The van der Waals surface area contributed by atoms with Crippen molar-refractivity contribution in [2.45, 2.75) is 59.0 Å². The number of hydrogen-bond donors (Lipinski definition) is 0. The van der Waals surface area contributed by atoms with E-state index in [0.29, 0.717) is 12.5 Å². The number of benzene rings is 1. The van der Waals surface area contributed by atoms with Gasteiger partial charge >= 0.3 is 0 Å². The van der Waals surface area contributed by atoms with Crippen molar-refractivity contribution >= 4 is 5.82 Å². The Kier molecular flexibility index (Phi) is 6.42. The van der Waals surface area contributed by atoms with Crippen molar-refractivity contribution in [3.8, 4) is 11.5 Å². The molecular weight excluding hydrogens is 376 g/mol. The molecule has 0 N–H and O–H groups in total. The first kappa shape index (κ1) is 20.9. The summed E-state index contributed by atoms with van der Waals surface area (Å²) < 4.78 is 11.2. The Morgan fingerprint density at radius 3 is 2.57 bits per heavy atom. The molecule has 0 amide bonds. The standard InChI is InChI=1S/C24H34N4O2/c1-5-30-22-14-18(8-9-21(22)29-4)15-27-13-10-19-20(16-27)25-23(17(2)3)26-24(19)28-11-6-7-12-28/h8-9,14,17H,5-7,10-13,15-16H2,1-4H3. The quantitative estimate of drug-likeness (QED) is 0.683. The van der Waals surface area contributed by atoms with E-state index in [1.807, 2.05) is 13.0 Å². The molecule has 30 heavy (non-hydrogen) atoms. The van der Waals surface area contributed by atoms with Gasteiger partial charge in [0.25, 0.3) is 0 Å². The zero-order valence-corrected chi connectivity index (χ0v) is 18.8. The lowest BCUT2D eigenvalue weighted by Crippen LogP contribution is -2.33. The minimum absolute atomic E-state index is 0.336. The van der Waals surface area contributed by atoms with Gasteiger partial charge < -0.3 is 14.4 Å². The number of nitrogens with zero attached hydrogens (tertiary/aromatic N) is 4. The molecule has 162 valence electrons. The summed E-state index contributed by atoms with van der Waals surface area (Å²) in [6.45, 7) is 12.0. The van der Waals surface area contributed by atoms with E-state index in [1.54, 1.807) is 7.11 Å². The summed E-state index contributed by atoms with van der Waals surface area (Å²) in [5.41, 5.74) is 3.81. The first-order valence-corrected chi connectivity index (χ1v) is 11.3. The Bertz CT molecular complexity index is 878. The zero-order valence-electron chi connectivity index (χ0n) is 18.8. The number of ether oxygens (including phenoxy) is 2. The predicted octanol–water partition coefficient (Wildman–Crippen LogP) is 4.17. The first-order valence-electron chi connectivity index (χ1n) is 11.3. The highest BCUT2D eigenvalue weighted by atomic mass is 16.5. The van der Waals surface area contributed by atoms with Crippen molar-refractivity contribution in [3.05, 3.63) is 40.8 Å². The Morgan fingerprint density at radius 2 is 1.87 bits per heavy atom. The largest absolute Gasteiger partial charge is 0.493 e. The third-order valence-corrected chi connectivity index (χ3v) is 6.00. The molecule has 4 rings (SSSR count). The van der Waals surface area contributed by atoms with E-state index < -0.39 is 0 Å². The molecule has 0 unspecified atom stereocenters. The number of methoxy groups -OCH3 is 1. The van der Waals surface area contributed by atoms with E-state index in [-0.39, 0.29) is 0 Å². The Morgan fingerprint density at radius 1 is 1.07 bits per heavy atom. The fourth-order valence-electron chi connectivity index (χ4n) is 4.41. The molecule has 6 nitrogen and oxygen atoms in total. The fourth-order valence-corrected chi connectivity index (χ4v) is 4.41. The lowest BCUT2D eigenvalue weighted by molar-refractivity contribution is 0.239. The Labute approximate surface area is 180 Å². The SMILES string of the molecule is CCOc1cc(CN2CCc3c(nc(C(C)C)nc3N3CCCC3)C2)ccc1OC. The maximum atomic E-state index is 5.76. The average molecular weight is 411 g/mol. The second-order valence-corrected chi connectivity index (χ2v) is 8.56. The molecule has 1 aromatic carbocycles. The predicted molar refractivity (Wildman–Crippen MR) is 120 cm³/mol. The van der Waals surface area contributed by atoms with E-state index >= 15 is 0 Å². The smallest absolute Gasteiger partial charge is 0.161 e. The summed E-state index contributed by atoms with van der Waals surface area (Å²) >= 11 is 0. The average Bonchev–Trinajstić information content (AvgIpc) is 3.28. The topological polar surface area (TPSA) is 50.7 Å². The number of fused-ring (bicyclic) bond motifs is 1. The summed E-state index contributed by atoms with van der Waals surface area (Å²) in [5.74, 6) is 4.11. The van der Waals surface area contributed by atoms with Crippen molar-refractivity contribution in [2.24, 2.45) is 0 Å². The zero-order chi connectivity index (χ0) is 21.1. The summed E-state index contributed by atoms with van der Waals surface area (Å²) in [6, 6.07) is 6.24. The summed E-state index contributed by atoms with van der Waals surface area (Å²) in [5, 5.41) is 0. The van der Waals surface area contributed by atoms with Gasteiger partial charge in [-0.2, -0.15) is 0 Å². The van der Waals surface area contributed by atoms with Crippen LogP contribution in [0.5, 0.6) is 11.5 Å². The molecule has 1 fully saturated rings. The summed E-state index contributed by atoms with van der Waals surface area (Å²) in [4.78, 5) is 14.9. The molecule has 0 radical (unpaired) electrons. The van der Waals surface area contributed by atoms with Crippen LogP contribution in [0.3, 0.4) is 0 Å². The van der Waals surface area contributed by atoms with Gasteiger partial charge in [0.05, 0.1) is 19.4 Å². The number of aromatic nitrogens is 2. The second kappa shape index (κ2) is 9.21. The van der Waals surface area contributed by atoms with Gasteiger partial charge in [-0.1, -0.05) is 19.9 Å². The van der Waals surface area contributed by atoms with Crippen LogP contribution < -0.4 is 14.4 Å². The van der Waals surface area contributed by atoms with Crippen LogP contribution in [0.4, 0.5) is 5.82 Å². The van der Waals surface area contributed by atoms with Crippen LogP contribution in [0.25, 0.3) is 0 Å². The molecule has 0 bridgehead atoms. The van der Waals surface area contributed by atoms with Gasteiger partial charge in [-0.3, -0.25) is 4.90 Å². The van der Waals surface area contributed by atoms with Gasteiger partial charge in [0.2, 0.25) is 0 Å². The molecule has 2 aliphatic heterocycles. The monoisotopic (exact) mass is 410 g/mol. The van der Waals surface area contributed by atoms with Crippen LogP contribution in [0.2, 0.25) is 0 Å². The highest BCUT2D eigenvalue weighted by Crippen LogP contribution is 2.32. The van der Waals surface area contributed by atoms with Gasteiger partial charge in [0.1, 0.15) is 11.6 Å². The van der Waals surface area contributed by atoms with Crippen LogP contribution in [0.15, 0.2) is 18.2 Å². The molecule has 0 saturated carbocycles. The minimum Gasteiger partial charge on any atom is -0.493 e. The maximum absolute atomic E-state index is 5.76. The van der Waals surface area contributed by atoms with E-state index in [9.17, 15) is 0 Å². The molecule has 0 atom stereocenters. The molecular formula is C24H34N4O2. The fraction of sp³-hybridized carbons (Fsp3) is 0.583. The molecule has 6 heteroatoms. The van der Waals surface area contributed by atoms with E-state index in [2.05, 4.69) is 35.8 Å². The lowest BCUT2D eigenvalue weighted by Gasteiger charge is -2.31. The summed E-state index contributed by atoms with van der Waals surface area (Å²) in [6.07, 6.45) is 3.54. The van der Waals surface area contributed by atoms with Crippen LogP contribution in [0.1, 0.15) is 62.2 Å². The van der Waals surface area contributed by atoms with Gasteiger partial charge in [-0.25, -0.2) is 9.97 Å². The molecule has 0 aliphatic carbocycles. The van der Waals surface area contributed by atoms with E-state index in [0.717, 1.165) is 56.5 Å². The van der Waals surface area contributed by atoms with Crippen molar-refractivity contribution in [1.29, 1.82) is 0 Å². The van der Waals surface area contributed by atoms with Crippen molar-refractivity contribution in [2.75, 3.05) is 38.3 Å². The minimum atomic E-state index is 0.336. The molecule has 1 saturated heterocycles. The van der Waals surface area contributed by atoms with Gasteiger partial charge in [0, 0.05) is 44.2 Å². The van der Waals surface area contributed by atoms with E-state index in [1.165, 1.54) is 35.5 Å². The van der Waals surface area contributed by atoms with Crippen LogP contribution in [-0.2, 0) is 19.5 Å².